The second kappa shape index (κ2) is 6.03. The number of hydrogen-bond acceptors (Lipinski definition) is 4. The van der Waals surface area contributed by atoms with Crippen molar-refractivity contribution in [2.75, 3.05) is 6.54 Å². The Hall–Kier alpha value is -1.62. The standard InChI is InChI=1S/C19H28N2O3/c1-13-7-5-9-20-16(13)19(23)11-14-8-6-10-21(15(14)12-19)17(22)24-18(2,3)4/h5,7,9,14-15,23H,6,8,10-12H2,1-4H3. The molecule has 5 nitrogen and oxygen atoms in total. The Morgan fingerprint density at radius 1 is 1.42 bits per heavy atom. The van der Waals surface area contributed by atoms with Crippen molar-refractivity contribution in [3.8, 4) is 0 Å². The van der Waals surface area contributed by atoms with E-state index in [4.69, 9.17) is 4.74 Å². The predicted octanol–water partition coefficient (Wildman–Crippen LogP) is 3.39. The van der Waals surface area contributed by atoms with E-state index >= 15 is 0 Å². The zero-order valence-corrected chi connectivity index (χ0v) is 15.1. The molecular formula is C19H28N2O3. The van der Waals surface area contributed by atoms with Crippen molar-refractivity contribution in [1.82, 2.24) is 9.88 Å². The Bertz CT molecular complexity index is 625. The Labute approximate surface area is 144 Å². The molecule has 24 heavy (non-hydrogen) atoms. The van der Waals surface area contributed by atoms with Crippen molar-refractivity contribution in [2.24, 2.45) is 5.92 Å². The van der Waals surface area contributed by atoms with Crippen LogP contribution in [0, 0.1) is 12.8 Å². The third-order valence-corrected chi connectivity index (χ3v) is 5.14. The van der Waals surface area contributed by atoms with Gasteiger partial charge in [-0.25, -0.2) is 4.79 Å². The molecule has 132 valence electrons. The van der Waals surface area contributed by atoms with Crippen LogP contribution < -0.4 is 0 Å². The van der Waals surface area contributed by atoms with Crippen LogP contribution in [-0.4, -0.2) is 39.3 Å². The molecule has 1 aromatic rings. The summed E-state index contributed by atoms with van der Waals surface area (Å²) in [5, 5.41) is 11.3. The lowest BCUT2D eigenvalue weighted by molar-refractivity contribution is 0.000506. The van der Waals surface area contributed by atoms with Gasteiger partial charge in [0.15, 0.2) is 0 Å². The van der Waals surface area contributed by atoms with E-state index in [2.05, 4.69) is 4.98 Å². The first-order valence-electron chi connectivity index (χ1n) is 8.84. The van der Waals surface area contributed by atoms with Gasteiger partial charge in [-0.3, -0.25) is 4.98 Å². The Balaban J connectivity index is 1.83. The van der Waals surface area contributed by atoms with Crippen molar-refractivity contribution in [3.05, 3.63) is 29.6 Å². The normalized spacial score (nSPS) is 30.1. The van der Waals surface area contributed by atoms with Crippen LogP contribution in [0.15, 0.2) is 18.3 Å². The molecule has 1 saturated carbocycles. The third-order valence-electron chi connectivity index (χ3n) is 5.14. The molecule has 1 N–H and O–H groups in total. The van der Waals surface area contributed by atoms with Crippen LogP contribution in [-0.2, 0) is 10.3 Å². The van der Waals surface area contributed by atoms with Gasteiger partial charge in [0.2, 0.25) is 0 Å². The van der Waals surface area contributed by atoms with Crippen LogP contribution in [0.25, 0.3) is 0 Å². The number of carbonyl (C=O) groups is 1. The zero-order valence-electron chi connectivity index (χ0n) is 15.1. The number of likely N-dealkylation sites (tertiary alicyclic amines) is 1. The number of nitrogens with zero attached hydrogens (tertiary/aromatic N) is 2. The molecule has 1 saturated heterocycles. The first-order chi connectivity index (χ1) is 11.2. The van der Waals surface area contributed by atoms with Crippen LogP contribution in [0.2, 0.25) is 0 Å². The Morgan fingerprint density at radius 3 is 2.83 bits per heavy atom. The summed E-state index contributed by atoms with van der Waals surface area (Å²) >= 11 is 0. The summed E-state index contributed by atoms with van der Waals surface area (Å²) < 4.78 is 5.57. The van der Waals surface area contributed by atoms with Crippen molar-refractivity contribution in [1.29, 1.82) is 0 Å². The molecular weight excluding hydrogens is 304 g/mol. The lowest BCUT2D eigenvalue weighted by Gasteiger charge is -2.38. The van der Waals surface area contributed by atoms with Crippen molar-refractivity contribution in [2.45, 2.75) is 70.6 Å². The quantitative estimate of drug-likeness (QED) is 0.856. The van der Waals surface area contributed by atoms with Crippen LogP contribution in [0.3, 0.4) is 0 Å². The molecule has 2 fully saturated rings. The molecule has 1 aliphatic carbocycles. The van der Waals surface area contributed by atoms with Crippen molar-refractivity contribution < 1.29 is 14.6 Å². The molecule has 3 unspecified atom stereocenters. The lowest BCUT2D eigenvalue weighted by atomic mass is 9.90. The SMILES string of the molecule is Cc1cccnc1C1(O)CC2CCCN(C(=O)OC(C)(C)C)C2C1. The number of aromatic nitrogens is 1. The molecule has 3 atom stereocenters. The van der Waals surface area contributed by atoms with Gasteiger partial charge in [0, 0.05) is 25.2 Å². The van der Waals surface area contributed by atoms with Gasteiger partial charge in [0.05, 0.1) is 5.69 Å². The minimum absolute atomic E-state index is 0.0278. The number of rotatable bonds is 1. The molecule has 1 amide bonds. The van der Waals surface area contributed by atoms with E-state index in [1.54, 1.807) is 6.20 Å². The van der Waals surface area contributed by atoms with Gasteiger partial charge in [0.25, 0.3) is 0 Å². The highest BCUT2D eigenvalue weighted by molar-refractivity contribution is 5.69. The minimum Gasteiger partial charge on any atom is -0.444 e. The molecule has 2 aliphatic rings. The maximum Gasteiger partial charge on any atom is 0.410 e. The first kappa shape index (κ1) is 17.2. The van der Waals surface area contributed by atoms with E-state index in [9.17, 15) is 9.90 Å². The fourth-order valence-electron chi connectivity index (χ4n) is 4.23. The summed E-state index contributed by atoms with van der Waals surface area (Å²) in [6.07, 6.45) is 4.66. The number of aliphatic hydroxyl groups is 1. The average molecular weight is 332 g/mol. The number of hydrogen-bond donors (Lipinski definition) is 1. The Kier molecular flexibility index (Phi) is 4.32. The van der Waals surface area contributed by atoms with Gasteiger partial charge in [-0.2, -0.15) is 0 Å². The molecule has 0 bridgehead atoms. The fraction of sp³-hybridized carbons (Fsp3) is 0.684. The molecule has 0 spiro atoms. The molecule has 5 heteroatoms. The summed E-state index contributed by atoms with van der Waals surface area (Å²) in [7, 11) is 0. The molecule has 3 rings (SSSR count). The first-order valence-corrected chi connectivity index (χ1v) is 8.84. The maximum absolute atomic E-state index is 12.6. The average Bonchev–Trinajstić information content (AvgIpc) is 2.82. The van der Waals surface area contributed by atoms with Gasteiger partial charge < -0.3 is 14.7 Å². The molecule has 0 aromatic carbocycles. The number of pyridine rings is 1. The molecule has 0 radical (unpaired) electrons. The summed E-state index contributed by atoms with van der Waals surface area (Å²) in [6, 6.07) is 3.89. The topological polar surface area (TPSA) is 62.7 Å². The predicted molar refractivity (Wildman–Crippen MR) is 91.6 cm³/mol. The molecule has 1 aliphatic heterocycles. The largest absolute Gasteiger partial charge is 0.444 e. The van der Waals surface area contributed by atoms with E-state index in [0.717, 1.165) is 24.1 Å². The number of ether oxygens (including phenoxy) is 1. The van der Waals surface area contributed by atoms with Gasteiger partial charge in [-0.1, -0.05) is 6.07 Å². The maximum atomic E-state index is 12.6. The number of fused-ring (bicyclic) bond motifs is 1. The van der Waals surface area contributed by atoms with E-state index < -0.39 is 11.2 Å². The molecule has 2 heterocycles. The fourth-order valence-corrected chi connectivity index (χ4v) is 4.23. The Morgan fingerprint density at radius 2 is 2.17 bits per heavy atom. The highest BCUT2D eigenvalue weighted by Crippen LogP contribution is 2.48. The van der Waals surface area contributed by atoms with Crippen LogP contribution in [0.4, 0.5) is 4.79 Å². The van der Waals surface area contributed by atoms with E-state index in [-0.39, 0.29) is 12.1 Å². The third kappa shape index (κ3) is 3.27. The monoisotopic (exact) mass is 332 g/mol. The van der Waals surface area contributed by atoms with E-state index in [1.165, 1.54) is 0 Å². The van der Waals surface area contributed by atoms with Gasteiger partial charge >= 0.3 is 6.09 Å². The summed E-state index contributed by atoms with van der Waals surface area (Å²) in [5.74, 6) is 0.303. The lowest BCUT2D eigenvalue weighted by Crippen LogP contribution is -2.48. The highest BCUT2D eigenvalue weighted by atomic mass is 16.6. The van der Waals surface area contributed by atoms with Crippen molar-refractivity contribution in [3.63, 3.8) is 0 Å². The summed E-state index contributed by atoms with van der Waals surface area (Å²) in [6.45, 7) is 8.33. The van der Waals surface area contributed by atoms with Crippen molar-refractivity contribution >= 4 is 6.09 Å². The van der Waals surface area contributed by atoms with Gasteiger partial charge in [0.1, 0.15) is 11.2 Å². The number of piperidine rings is 1. The second-order valence-electron chi connectivity index (χ2n) is 8.25. The van der Waals surface area contributed by atoms with Gasteiger partial charge in [-0.15, -0.1) is 0 Å². The number of aryl methyl sites for hydroxylation is 1. The second-order valence-corrected chi connectivity index (χ2v) is 8.25. The van der Waals surface area contributed by atoms with E-state index in [1.807, 2.05) is 44.7 Å². The minimum atomic E-state index is -0.953. The number of carbonyl (C=O) groups excluding carboxylic acids is 1. The highest BCUT2D eigenvalue weighted by Gasteiger charge is 2.51. The zero-order chi connectivity index (χ0) is 17.5. The summed E-state index contributed by atoms with van der Waals surface area (Å²) in [5.41, 5.74) is 0.299. The summed E-state index contributed by atoms with van der Waals surface area (Å²) in [4.78, 5) is 18.8. The van der Waals surface area contributed by atoms with Gasteiger partial charge in [-0.05, 0) is 64.5 Å². The molecule has 1 aromatic heterocycles. The smallest absolute Gasteiger partial charge is 0.410 e. The van der Waals surface area contributed by atoms with Crippen LogP contribution in [0.5, 0.6) is 0 Å². The number of amides is 1. The van der Waals surface area contributed by atoms with E-state index in [0.29, 0.717) is 25.3 Å². The van der Waals surface area contributed by atoms with Crippen LogP contribution in [0.1, 0.15) is 57.7 Å². The van der Waals surface area contributed by atoms with Crippen LogP contribution >= 0.6 is 0 Å².